The van der Waals surface area contributed by atoms with Gasteiger partial charge in [-0.15, -0.1) is 0 Å². The van der Waals surface area contributed by atoms with Crippen LogP contribution in [-0.4, -0.2) is 25.2 Å². The molecule has 162 valence electrons. The Hall–Kier alpha value is -1.75. The molecule has 0 spiro atoms. The van der Waals surface area contributed by atoms with Gasteiger partial charge in [-0.3, -0.25) is 0 Å². The smallest absolute Gasteiger partial charge is 0.319 e. The van der Waals surface area contributed by atoms with Crippen LogP contribution in [0.15, 0.2) is 36.4 Å². The third-order valence-electron chi connectivity index (χ3n) is 5.91. The van der Waals surface area contributed by atoms with Crippen LogP contribution in [-0.2, 0) is 0 Å². The molecule has 0 heterocycles. The summed E-state index contributed by atoms with van der Waals surface area (Å²) in [5.41, 5.74) is 4.40. The van der Waals surface area contributed by atoms with E-state index in [0.717, 1.165) is 13.0 Å². The SMILES string of the molecule is Cc1ccc(C(CCNC2CCCC2)CNC(=O)Nc2cc(Cl)cc(Cl)c2)cc1C. The number of aryl methyl sites for hydroxylation is 2. The molecule has 3 rings (SSSR count). The quantitative estimate of drug-likeness (QED) is 0.435. The average Bonchev–Trinajstić information content (AvgIpc) is 3.19. The fourth-order valence-electron chi connectivity index (χ4n) is 4.01. The maximum atomic E-state index is 12.5. The van der Waals surface area contributed by atoms with Crippen LogP contribution in [0.5, 0.6) is 0 Å². The van der Waals surface area contributed by atoms with Gasteiger partial charge in [0.15, 0.2) is 0 Å². The van der Waals surface area contributed by atoms with Gasteiger partial charge in [0.1, 0.15) is 0 Å². The van der Waals surface area contributed by atoms with Crippen molar-refractivity contribution >= 4 is 34.9 Å². The lowest BCUT2D eigenvalue weighted by molar-refractivity contribution is 0.251. The molecule has 30 heavy (non-hydrogen) atoms. The largest absolute Gasteiger partial charge is 0.337 e. The third kappa shape index (κ3) is 6.90. The molecule has 0 radical (unpaired) electrons. The second-order valence-electron chi connectivity index (χ2n) is 8.26. The molecule has 1 fully saturated rings. The normalized spacial score (nSPS) is 15.2. The molecular formula is C24H31Cl2N3O. The summed E-state index contributed by atoms with van der Waals surface area (Å²) in [6.45, 7) is 5.78. The van der Waals surface area contributed by atoms with Crippen molar-refractivity contribution in [2.45, 2.75) is 57.9 Å². The van der Waals surface area contributed by atoms with Crippen molar-refractivity contribution in [3.05, 3.63) is 63.1 Å². The predicted molar refractivity (Wildman–Crippen MR) is 127 cm³/mol. The molecule has 4 nitrogen and oxygen atoms in total. The van der Waals surface area contributed by atoms with E-state index in [1.165, 1.54) is 42.4 Å². The van der Waals surface area contributed by atoms with Crippen LogP contribution in [0.2, 0.25) is 10.0 Å². The number of halogens is 2. The van der Waals surface area contributed by atoms with Gasteiger partial charge in [-0.05, 0) is 74.5 Å². The summed E-state index contributed by atoms with van der Waals surface area (Å²) in [5.74, 6) is 0.243. The highest BCUT2D eigenvalue weighted by Gasteiger charge is 2.17. The van der Waals surface area contributed by atoms with Gasteiger partial charge in [-0.25, -0.2) is 4.79 Å². The molecule has 1 unspecified atom stereocenters. The molecule has 2 amide bonds. The van der Waals surface area contributed by atoms with Crippen LogP contribution < -0.4 is 16.0 Å². The second kappa shape index (κ2) is 11.0. The molecule has 0 aromatic heterocycles. The molecule has 1 aliphatic carbocycles. The standard InChI is InChI=1S/C24H31Cl2N3O/c1-16-7-8-18(11-17(16)2)19(9-10-27-22-5-3-4-6-22)15-28-24(30)29-23-13-20(25)12-21(26)14-23/h7-8,11-14,19,22,27H,3-6,9-10,15H2,1-2H3,(H2,28,29,30). The molecule has 0 aliphatic heterocycles. The molecule has 0 saturated heterocycles. The van der Waals surface area contributed by atoms with Gasteiger partial charge in [0.05, 0.1) is 0 Å². The van der Waals surface area contributed by atoms with Crippen LogP contribution in [0.25, 0.3) is 0 Å². The van der Waals surface area contributed by atoms with Crippen molar-refractivity contribution in [3.63, 3.8) is 0 Å². The van der Waals surface area contributed by atoms with E-state index in [2.05, 4.69) is 48.0 Å². The highest BCUT2D eigenvalue weighted by molar-refractivity contribution is 6.35. The van der Waals surface area contributed by atoms with Crippen molar-refractivity contribution in [3.8, 4) is 0 Å². The minimum absolute atomic E-state index is 0.243. The van der Waals surface area contributed by atoms with Crippen LogP contribution in [0, 0.1) is 13.8 Å². The maximum Gasteiger partial charge on any atom is 0.319 e. The molecule has 2 aromatic carbocycles. The summed E-state index contributed by atoms with van der Waals surface area (Å²) in [7, 11) is 0. The average molecular weight is 448 g/mol. The van der Waals surface area contributed by atoms with Gasteiger partial charge in [0.2, 0.25) is 0 Å². The summed E-state index contributed by atoms with van der Waals surface area (Å²) >= 11 is 12.0. The number of hydrogen-bond donors (Lipinski definition) is 3. The Morgan fingerprint density at radius 1 is 1.03 bits per heavy atom. The lowest BCUT2D eigenvalue weighted by Crippen LogP contribution is -2.34. The van der Waals surface area contributed by atoms with Gasteiger partial charge in [0, 0.05) is 34.2 Å². The van der Waals surface area contributed by atoms with Crippen LogP contribution >= 0.6 is 23.2 Å². The van der Waals surface area contributed by atoms with E-state index in [1.807, 2.05) is 0 Å². The van der Waals surface area contributed by atoms with E-state index < -0.39 is 0 Å². The van der Waals surface area contributed by atoms with E-state index in [9.17, 15) is 4.79 Å². The van der Waals surface area contributed by atoms with Crippen molar-refractivity contribution < 1.29 is 4.79 Å². The van der Waals surface area contributed by atoms with E-state index in [0.29, 0.717) is 28.3 Å². The molecule has 1 atom stereocenters. The maximum absolute atomic E-state index is 12.5. The third-order valence-corrected chi connectivity index (χ3v) is 6.35. The lowest BCUT2D eigenvalue weighted by atomic mass is 9.92. The number of nitrogens with one attached hydrogen (secondary N) is 3. The Bertz CT molecular complexity index is 845. The number of benzene rings is 2. The zero-order valence-electron chi connectivity index (χ0n) is 17.7. The number of carbonyl (C=O) groups excluding carboxylic acids is 1. The Kier molecular flexibility index (Phi) is 8.43. The summed E-state index contributed by atoms with van der Waals surface area (Å²) in [4.78, 5) is 12.5. The lowest BCUT2D eigenvalue weighted by Gasteiger charge is -2.21. The molecule has 1 aliphatic rings. The molecule has 1 saturated carbocycles. The van der Waals surface area contributed by atoms with Gasteiger partial charge in [-0.2, -0.15) is 0 Å². The number of rotatable bonds is 8. The number of carbonyl (C=O) groups is 1. The molecular weight excluding hydrogens is 417 g/mol. The first kappa shape index (κ1) is 22.9. The Balaban J connectivity index is 1.60. The van der Waals surface area contributed by atoms with E-state index in [4.69, 9.17) is 23.2 Å². The van der Waals surface area contributed by atoms with E-state index in [-0.39, 0.29) is 11.9 Å². The highest BCUT2D eigenvalue weighted by Crippen LogP contribution is 2.24. The monoisotopic (exact) mass is 447 g/mol. The number of anilines is 1. The number of hydrogen-bond acceptors (Lipinski definition) is 2. The van der Waals surface area contributed by atoms with Gasteiger partial charge in [-0.1, -0.05) is 54.2 Å². The summed E-state index contributed by atoms with van der Waals surface area (Å²) in [6.07, 6.45) is 6.18. The molecule has 6 heteroatoms. The predicted octanol–water partition coefficient (Wildman–Crippen LogP) is 6.44. The van der Waals surface area contributed by atoms with Crippen LogP contribution in [0.4, 0.5) is 10.5 Å². The first-order valence-electron chi connectivity index (χ1n) is 10.7. The highest BCUT2D eigenvalue weighted by atomic mass is 35.5. The number of amides is 2. The van der Waals surface area contributed by atoms with Crippen LogP contribution in [0.3, 0.4) is 0 Å². The van der Waals surface area contributed by atoms with Crippen molar-refractivity contribution in [2.24, 2.45) is 0 Å². The molecule has 0 bridgehead atoms. The summed E-state index contributed by atoms with van der Waals surface area (Å²) in [6, 6.07) is 12.0. The summed E-state index contributed by atoms with van der Waals surface area (Å²) in [5, 5.41) is 10.5. The minimum atomic E-state index is -0.258. The van der Waals surface area contributed by atoms with Crippen molar-refractivity contribution in [2.75, 3.05) is 18.4 Å². The fourth-order valence-corrected chi connectivity index (χ4v) is 4.54. The van der Waals surface area contributed by atoms with Crippen molar-refractivity contribution in [1.82, 2.24) is 10.6 Å². The zero-order valence-corrected chi connectivity index (χ0v) is 19.2. The molecule has 2 aromatic rings. The topological polar surface area (TPSA) is 53.2 Å². The van der Waals surface area contributed by atoms with E-state index in [1.54, 1.807) is 18.2 Å². The molecule has 3 N–H and O–H groups in total. The second-order valence-corrected chi connectivity index (χ2v) is 9.13. The van der Waals surface area contributed by atoms with E-state index >= 15 is 0 Å². The number of urea groups is 1. The summed E-state index contributed by atoms with van der Waals surface area (Å²) < 4.78 is 0. The zero-order chi connectivity index (χ0) is 21.5. The Labute approximate surface area is 189 Å². The van der Waals surface area contributed by atoms with Crippen LogP contribution in [0.1, 0.15) is 54.7 Å². The first-order valence-corrected chi connectivity index (χ1v) is 11.5. The Morgan fingerprint density at radius 3 is 2.40 bits per heavy atom. The fraction of sp³-hybridized carbons (Fsp3) is 0.458. The first-order chi connectivity index (χ1) is 14.4. The van der Waals surface area contributed by atoms with Gasteiger partial charge in [0.25, 0.3) is 0 Å². The van der Waals surface area contributed by atoms with Gasteiger partial charge < -0.3 is 16.0 Å². The van der Waals surface area contributed by atoms with Gasteiger partial charge >= 0.3 is 6.03 Å². The Morgan fingerprint density at radius 2 is 1.73 bits per heavy atom. The van der Waals surface area contributed by atoms with Crippen molar-refractivity contribution in [1.29, 1.82) is 0 Å². The minimum Gasteiger partial charge on any atom is -0.337 e.